The lowest BCUT2D eigenvalue weighted by atomic mass is 10.1. The van der Waals surface area contributed by atoms with Crippen molar-refractivity contribution in [3.05, 3.63) is 12.2 Å². The van der Waals surface area contributed by atoms with E-state index in [4.69, 9.17) is 9.47 Å². The lowest BCUT2D eigenvalue weighted by Crippen LogP contribution is -2.20. The molecule has 0 rings (SSSR count). The molecular weight excluding hydrogens is 175 g/mol. The van der Waals surface area contributed by atoms with E-state index in [1.807, 2.05) is 19.1 Å². The van der Waals surface area contributed by atoms with Gasteiger partial charge in [-0.1, -0.05) is 19.1 Å². The van der Waals surface area contributed by atoms with Crippen molar-refractivity contribution < 1.29 is 14.0 Å². The summed E-state index contributed by atoms with van der Waals surface area (Å²) in [6.45, 7) is 1.98. The van der Waals surface area contributed by atoms with Crippen LogP contribution in [0.3, 0.4) is 0 Å². The van der Waals surface area contributed by atoms with E-state index in [1.54, 1.807) is 14.2 Å². The first kappa shape index (κ1) is 11.8. The average Bonchev–Trinajstić information content (AvgIpc) is 2.07. The molecule has 0 radical (unpaired) electrons. The summed E-state index contributed by atoms with van der Waals surface area (Å²) in [5.41, 5.74) is 0. The predicted molar refractivity (Wildman–Crippen MR) is 48.6 cm³/mol. The SMILES string of the molecule is COC(OC)C(C)/C=C/CP=O. The molecule has 0 amide bonds. The zero-order valence-electron chi connectivity index (χ0n) is 7.69. The molecule has 4 heteroatoms. The lowest BCUT2D eigenvalue weighted by molar-refractivity contribution is -0.122. The summed E-state index contributed by atoms with van der Waals surface area (Å²) in [5.74, 6) is 0.182. The van der Waals surface area contributed by atoms with Gasteiger partial charge in [0.05, 0.1) is 0 Å². The minimum absolute atomic E-state index is 0.143. The van der Waals surface area contributed by atoms with Gasteiger partial charge in [0.1, 0.15) is 0 Å². The molecule has 0 aromatic rings. The van der Waals surface area contributed by atoms with Crippen LogP contribution < -0.4 is 0 Å². The normalized spacial score (nSPS) is 14.7. The van der Waals surface area contributed by atoms with Gasteiger partial charge in [-0.15, -0.1) is 0 Å². The highest BCUT2D eigenvalue weighted by atomic mass is 31.1. The molecule has 3 nitrogen and oxygen atoms in total. The van der Waals surface area contributed by atoms with Crippen molar-refractivity contribution >= 4 is 8.46 Å². The van der Waals surface area contributed by atoms with Crippen molar-refractivity contribution in [2.75, 3.05) is 20.4 Å². The number of hydrogen-bond acceptors (Lipinski definition) is 3. The molecule has 0 spiro atoms. The fraction of sp³-hybridized carbons (Fsp3) is 0.750. The van der Waals surface area contributed by atoms with E-state index in [2.05, 4.69) is 0 Å². The Morgan fingerprint density at radius 2 is 2.00 bits per heavy atom. The summed E-state index contributed by atoms with van der Waals surface area (Å²) in [6.07, 6.45) is 4.11. The Hall–Kier alpha value is -0.240. The molecule has 0 bridgehead atoms. The molecular formula is C8H15O3P. The van der Waals surface area contributed by atoms with E-state index in [0.717, 1.165) is 0 Å². The predicted octanol–water partition coefficient (Wildman–Crippen LogP) is 2.09. The van der Waals surface area contributed by atoms with Gasteiger partial charge in [-0.05, 0) is 0 Å². The van der Waals surface area contributed by atoms with E-state index in [9.17, 15) is 4.57 Å². The second-order valence-electron chi connectivity index (χ2n) is 2.44. The first-order chi connectivity index (χ1) is 5.76. The van der Waals surface area contributed by atoms with Gasteiger partial charge in [-0.3, -0.25) is 4.57 Å². The van der Waals surface area contributed by atoms with Crippen molar-refractivity contribution in [2.45, 2.75) is 13.2 Å². The van der Waals surface area contributed by atoms with Crippen LogP contribution in [0.1, 0.15) is 6.92 Å². The van der Waals surface area contributed by atoms with Crippen LogP contribution >= 0.6 is 8.46 Å². The van der Waals surface area contributed by atoms with Gasteiger partial charge in [0.25, 0.3) is 0 Å². The summed E-state index contributed by atoms with van der Waals surface area (Å²) in [6, 6.07) is 0. The van der Waals surface area contributed by atoms with Gasteiger partial charge in [0, 0.05) is 26.3 Å². The Labute approximate surface area is 75.0 Å². The van der Waals surface area contributed by atoms with Crippen LogP contribution in [-0.4, -0.2) is 26.7 Å². The molecule has 0 fully saturated rings. The molecule has 1 unspecified atom stereocenters. The second kappa shape index (κ2) is 7.41. The number of ether oxygens (including phenoxy) is 2. The molecule has 0 aliphatic carbocycles. The molecule has 0 N–H and O–H groups in total. The Balaban J connectivity index is 3.81. The van der Waals surface area contributed by atoms with Gasteiger partial charge < -0.3 is 9.47 Å². The Kier molecular flexibility index (Phi) is 7.26. The minimum atomic E-state index is -0.218. The fourth-order valence-corrected chi connectivity index (χ4v) is 1.14. The lowest BCUT2D eigenvalue weighted by Gasteiger charge is -2.17. The highest BCUT2D eigenvalue weighted by molar-refractivity contribution is 7.23. The van der Waals surface area contributed by atoms with Gasteiger partial charge in [-0.25, -0.2) is 0 Å². The Bertz CT molecular complexity index is 143. The standard InChI is InChI=1S/C8H15O3P/c1-7(5-4-6-12-9)8(10-2)11-3/h4-5,7-8H,6H2,1-3H3/b5-4+. The molecule has 0 heterocycles. The highest BCUT2D eigenvalue weighted by Gasteiger charge is 2.11. The third-order valence-electron chi connectivity index (χ3n) is 1.51. The molecule has 0 aromatic carbocycles. The first-order valence-electron chi connectivity index (χ1n) is 3.77. The quantitative estimate of drug-likeness (QED) is 0.365. The maximum Gasteiger partial charge on any atom is 0.162 e. The molecule has 12 heavy (non-hydrogen) atoms. The van der Waals surface area contributed by atoms with Crippen LogP contribution in [0.4, 0.5) is 0 Å². The molecule has 70 valence electrons. The number of rotatable bonds is 6. The van der Waals surface area contributed by atoms with Gasteiger partial charge >= 0.3 is 0 Å². The van der Waals surface area contributed by atoms with E-state index in [0.29, 0.717) is 6.16 Å². The van der Waals surface area contributed by atoms with Crippen molar-refractivity contribution in [3.63, 3.8) is 0 Å². The Morgan fingerprint density at radius 3 is 2.42 bits per heavy atom. The average molecular weight is 190 g/mol. The first-order valence-corrected chi connectivity index (χ1v) is 4.77. The van der Waals surface area contributed by atoms with Crippen LogP contribution in [-0.2, 0) is 14.0 Å². The third-order valence-corrected chi connectivity index (χ3v) is 1.87. The second-order valence-corrected chi connectivity index (χ2v) is 3.06. The third kappa shape index (κ3) is 4.60. The van der Waals surface area contributed by atoms with Crippen LogP contribution in [0.25, 0.3) is 0 Å². The van der Waals surface area contributed by atoms with Crippen LogP contribution in [0.2, 0.25) is 0 Å². The van der Waals surface area contributed by atoms with Crippen molar-refractivity contribution in [2.24, 2.45) is 5.92 Å². The zero-order valence-corrected chi connectivity index (χ0v) is 8.58. The summed E-state index contributed by atoms with van der Waals surface area (Å²) >= 11 is 0. The monoisotopic (exact) mass is 190 g/mol. The molecule has 0 saturated heterocycles. The largest absolute Gasteiger partial charge is 0.355 e. The number of hydrogen-bond donors (Lipinski definition) is 0. The smallest absolute Gasteiger partial charge is 0.162 e. The summed E-state index contributed by atoms with van der Waals surface area (Å²) in [7, 11) is 3.35. The van der Waals surface area contributed by atoms with Crippen molar-refractivity contribution in [1.82, 2.24) is 0 Å². The Morgan fingerprint density at radius 1 is 1.42 bits per heavy atom. The van der Waals surface area contributed by atoms with Crippen LogP contribution in [0, 0.1) is 5.92 Å². The van der Waals surface area contributed by atoms with E-state index < -0.39 is 0 Å². The maximum absolute atomic E-state index is 10.1. The van der Waals surface area contributed by atoms with Gasteiger partial charge in [0.2, 0.25) is 0 Å². The molecule has 0 aliphatic rings. The summed E-state index contributed by atoms with van der Waals surface area (Å²) in [4.78, 5) is 0. The summed E-state index contributed by atoms with van der Waals surface area (Å²) in [5, 5.41) is 0. The molecule has 0 aromatic heterocycles. The molecule has 1 atom stereocenters. The minimum Gasteiger partial charge on any atom is -0.355 e. The van der Waals surface area contributed by atoms with Crippen molar-refractivity contribution in [1.29, 1.82) is 0 Å². The summed E-state index contributed by atoms with van der Waals surface area (Å²) < 4.78 is 20.2. The highest BCUT2D eigenvalue weighted by Crippen LogP contribution is 2.09. The van der Waals surface area contributed by atoms with E-state index in [-0.39, 0.29) is 20.7 Å². The zero-order chi connectivity index (χ0) is 9.40. The molecule has 0 aliphatic heterocycles. The van der Waals surface area contributed by atoms with E-state index >= 15 is 0 Å². The fourth-order valence-electron chi connectivity index (χ4n) is 0.935. The maximum atomic E-state index is 10.1. The number of allylic oxidation sites excluding steroid dienone is 1. The van der Waals surface area contributed by atoms with Crippen LogP contribution in [0.15, 0.2) is 12.2 Å². The van der Waals surface area contributed by atoms with Crippen LogP contribution in [0.5, 0.6) is 0 Å². The van der Waals surface area contributed by atoms with Gasteiger partial charge in [0.15, 0.2) is 14.8 Å². The molecule has 0 saturated carbocycles. The van der Waals surface area contributed by atoms with Gasteiger partial charge in [-0.2, -0.15) is 0 Å². The van der Waals surface area contributed by atoms with Crippen molar-refractivity contribution in [3.8, 4) is 0 Å². The topological polar surface area (TPSA) is 35.5 Å². The van der Waals surface area contributed by atoms with E-state index in [1.165, 1.54) is 0 Å². The number of methoxy groups -OCH3 is 2.